The van der Waals surface area contributed by atoms with Gasteiger partial charge >= 0.3 is 0 Å². The Morgan fingerprint density at radius 2 is 1.85 bits per heavy atom. The third-order valence-electron chi connectivity index (χ3n) is 3.13. The second-order valence-electron chi connectivity index (χ2n) is 4.62. The molecule has 0 atom stereocenters. The molecule has 0 heterocycles. The molecule has 2 aromatic carbocycles. The van der Waals surface area contributed by atoms with Crippen molar-refractivity contribution in [1.29, 1.82) is 0 Å². The van der Waals surface area contributed by atoms with Crippen molar-refractivity contribution in [3.63, 3.8) is 0 Å². The van der Waals surface area contributed by atoms with Gasteiger partial charge in [0.15, 0.2) is 0 Å². The summed E-state index contributed by atoms with van der Waals surface area (Å²) in [6.45, 7) is 4.58. The zero-order valence-electron chi connectivity index (χ0n) is 11.6. The highest BCUT2D eigenvalue weighted by atomic mass is 79.9. The van der Waals surface area contributed by atoms with Gasteiger partial charge in [-0.2, -0.15) is 0 Å². The highest BCUT2D eigenvalue weighted by Crippen LogP contribution is 2.24. The number of benzene rings is 2. The minimum atomic E-state index is -0.0597. The largest absolute Gasteiger partial charge is 0.399 e. The quantitative estimate of drug-likeness (QED) is 0.863. The van der Waals surface area contributed by atoms with Crippen molar-refractivity contribution in [2.24, 2.45) is 0 Å². The van der Waals surface area contributed by atoms with Gasteiger partial charge in [-0.25, -0.2) is 0 Å². The summed E-state index contributed by atoms with van der Waals surface area (Å²) < 4.78 is 0.752. The van der Waals surface area contributed by atoms with E-state index in [1.807, 2.05) is 38.1 Å². The van der Waals surface area contributed by atoms with E-state index in [2.05, 4.69) is 15.9 Å². The molecule has 0 aliphatic heterocycles. The van der Waals surface area contributed by atoms with Crippen LogP contribution < -0.4 is 10.6 Å². The van der Waals surface area contributed by atoms with Gasteiger partial charge in [-0.05, 0) is 60.1 Å². The normalized spacial score (nSPS) is 10.3. The first-order chi connectivity index (χ1) is 9.52. The predicted molar refractivity (Wildman–Crippen MR) is 87.1 cm³/mol. The van der Waals surface area contributed by atoms with Crippen LogP contribution in [0.5, 0.6) is 0 Å². The number of nitrogen functional groups attached to an aromatic ring is 1. The summed E-state index contributed by atoms with van der Waals surface area (Å²) in [5.74, 6) is -0.0597. The van der Waals surface area contributed by atoms with E-state index in [1.54, 1.807) is 23.1 Å². The Bertz CT molecular complexity index is 623. The molecular weight excluding hydrogens is 316 g/mol. The molecule has 1 amide bonds. The molecule has 0 fully saturated rings. The zero-order chi connectivity index (χ0) is 14.7. The summed E-state index contributed by atoms with van der Waals surface area (Å²) in [7, 11) is 0. The van der Waals surface area contributed by atoms with E-state index < -0.39 is 0 Å². The molecule has 2 aromatic rings. The number of carbonyl (C=O) groups excluding carboxylic acids is 1. The van der Waals surface area contributed by atoms with Crippen molar-refractivity contribution in [2.45, 2.75) is 13.8 Å². The SMILES string of the molecule is CCN(C(=O)c1cc(N)ccc1Br)c1ccc(C)cc1. The van der Waals surface area contributed by atoms with E-state index in [0.717, 1.165) is 10.2 Å². The highest BCUT2D eigenvalue weighted by Gasteiger charge is 2.18. The lowest BCUT2D eigenvalue weighted by Gasteiger charge is -2.22. The lowest BCUT2D eigenvalue weighted by atomic mass is 10.1. The Morgan fingerprint density at radius 1 is 1.20 bits per heavy atom. The minimum absolute atomic E-state index is 0.0597. The van der Waals surface area contributed by atoms with E-state index in [-0.39, 0.29) is 5.91 Å². The second kappa shape index (κ2) is 6.09. The van der Waals surface area contributed by atoms with Gasteiger partial charge in [0.05, 0.1) is 5.56 Å². The van der Waals surface area contributed by atoms with Crippen molar-refractivity contribution in [3.8, 4) is 0 Å². The summed E-state index contributed by atoms with van der Waals surface area (Å²) in [6, 6.07) is 13.2. The molecule has 0 radical (unpaired) electrons. The first-order valence-corrected chi connectivity index (χ1v) is 7.25. The van der Waals surface area contributed by atoms with Crippen LogP contribution in [0.1, 0.15) is 22.8 Å². The first-order valence-electron chi connectivity index (χ1n) is 6.46. The number of halogens is 1. The molecule has 2 rings (SSSR count). The van der Waals surface area contributed by atoms with Crippen LogP contribution >= 0.6 is 15.9 Å². The van der Waals surface area contributed by atoms with Gasteiger partial charge in [-0.15, -0.1) is 0 Å². The monoisotopic (exact) mass is 332 g/mol. The van der Waals surface area contributed by atoms with E-state index in [1.165, 1.54) is 5.56 Å². The summed E-state index contributed by atoms with van der Waals surface area (Å²) >= 11 is 3.41. The van der Waals surface area contributed by atoms with E-state index in [4.69, 9.17) is 5.73 Å². The van der Waals surface area contributed by atoms with E-state index >= 15 is 0 Å². The lowest BCUT2D eigenvalue weighted by Crippen LogP contribution is -2.30. The van der Waals surface area contributed by atoms with Gasteiger partial charge in [0.1, 0.15) is 0 Å². The molecule has 0 aromatic heterocycles. The minimum Gasteiger partial charge on any atom is -0.399 e. The van der Waals surface area contributed by atoms with Gasteiger partial charge < -0.3 is 10.6 Å². The van der Waals surface area contributed by atoms with Crippen LogP contribution in [0, 0.1) is 6.92 Å². The fourth-order valence-electron chi connectivity index (χ4n) is 2.02. The fourth-order valence-corrected chi connectivity index (χ4v) is 2.44. The summed E-state index contributed by atoms with van der Waals surface area (Å²) in [5, 5.41) is 0. The summed E-state index contributed by atoms with van der Waals surface area (Å²) in [5.41, 5.74) is 8.99. The number of rotatable bonds is 3. The number of carbonyl (C=O) groups is 1. The Morgan fingerprint density at radius 3 is 2.45 bits per heavy atom. The van der Waals surface area contributed by atoms with Crippen LogP contribution in [0.15, 0.2) is 46.9 Å². The van der Waals surface area contributed by atoms with Crippen molar-refractivity contribution < 1.29 is 4.79 Å². The number of amides is 1. The molecule has 0 aliphatic rings. The second-order valence-corrected chi connectivity index (χ2v) is 5.48. The fraction of sp³-hybridized carbons (Fsp3) is 0.188. The topological polar surface area (TPSA) is 46.3 Å². The van der Waals surface area contributed by atoms with Gasteiger partial charge in [0, 0.05) is 22.4 Å². The third kappa shape index (κ3) is 3.02. The van der Waals surface area contributed by atoms with Crippen molar-refractivity contribution in [1.82, 2.24) is 0 Å². The highest BCUT2D eigenvalue weighted by molar-refractivity contribution is 9.10. The van der Waals surface area contributed by atoms with Crippen molar-refractivity contribution >= 4 is 33.2 Å². The number of hydrogen-bond acceptors (Lipinski definition) is 2. The molecule has 2 N–H and O–H groups in total. The van der Waals surface area contributed by atoms with Crippen LogP contribution in [0.3, 0.4) is 0 Å². The van der Waals surface area contributed by atoms with E-state index in [0.29, 0.717) is 17.8 Å². The molecule has 20 heavy (non-hydrogen) atoms. The van der Waals surface area contributed by atoms with Gasteiger partial charge in [-0.1, -0.05) is 17.7 Å². The van der Waals surface area contributed by atoms with Crippen LogP contribution in [0.25, 0.3) is 0 Å². The van der Waals surface area contributed by atoms with Crippen LogP contribution in [-0.2, 0) is 0 Å². The number of aryl methyl sites for hydroxylation is 1. The maximum absolute atomic E-state index is 12.7. The van der Waals surface area contributed by atoms with Crippen LogP contribution in [-0.4, -0.2) is 12.5 Å². The third-order valence-corrected chi connectivity index (χ3v) is 3.82. The Hall–Kier alpha value is -1.81. The standard InChI is InChI=1S/C16H17BrN2O/c1-3-19(13-7-4-11(2)5-8-13)16(20)14-10-12(18)6-9-15(14)17/h4-10H,3,18H2,1-2H3. The summed E-state index contributed by atoms with van der Waals surface area (Å²) in [4.78, 5) is 14.4. The molecule has 0 saturated carbocycles. The molecule has 4 heteroatoms. The summed E-state index contributed by atoms with van der Waals surface area (Å²) in [6.07, 6.45) is 0. The number of nitrogens with two attached hydrogens (primary N) is 1. The maximum atomic E-state index is 12.7. The molecule has 3 nitrogen and oxygen atoms in total. The van der Waals surface area contributed by atoms with Crippen LogP contribution in [0.2, 0.25) is 0 Å². The van der Waals surface area contributed by atoms with Gasteiger partial charge in [0.25, 0.3) is 5.91 Å². The Balaban J connectivity index is 2.38. The molecule has 0 spiro atoms. The molecule has 0 unspecified atom stereocenters. The zero-order valence-corrected chi connectivity index (χ0v) is 13.1. The molecular formula is C16H17BrN2O. The smallest absolute Gasteiger partial charge is 0.259 e. The molecule has 0 saturated heterocycles. The van der Waals surface area contributed by atoms with Crippen molar-refractivity contribution in [3.05, 3.63) is 58.1 Å². The number of nitrogens with zero attached hydrogens (tertiary/aromatic N) is 1. The Kier molecular flexibility index (Phi) is 4.45. The molecule has 0 aliphatic carbocycles. The maximum Gasteiger partial charge on any atom is 0.259 e. The van der Waals surface area contributed by atoms with Gasteiger partial charge in [0.2, 0.25) is 0 Å². The van der Waals surface area contributed by atoms with Gasteiger partial charge in [-0.3, -0.25) is 4.79 Å². The molecule has 104 valence electrons. The number of anilines is 2. The Labute approximate surface area is 127 Å². The average Bonchev–Trinajstić information content (AvgIpc) is 2.44. The molecule has 0 bridgehead atoms. The first kappa shape index (κ1) is 14.6. The van der Waals surface area contributed by atoms with Crippen molar-refractivity contribution in [2.75, 3.05) is 17.2 Å². The average molecular weight is 333 g/mol. The van der Waals surface area contributed by atoms with E-state index in [9.17, 15) is 4.79 Å². The number of hydrogen-bond donors (Lipinski definition) is 1. The predicted octanol–water partition coefficient (Wildman–Crippen LogP) is 4.01. The lowest BCUT2D eigenvalue weighted by molar-refractivity contribution is 0.0987. The van der Waals surface area contributed by atoms with Crippen LogP contribution in [0.4, 0.5) is 11.4 Å².